The zero-order valence-electron chi connectivity index (χ0n) is 14.5. The fraction of sp³-hybridized carbons (Fsp3) is 0.368. The highest BCUT2D eigenvalue weighted by atomic mass is 16.5. The highest BCUT2D eigenvalue weighted by Gasteiger charge is 2.25. The summed E-state index contributed by atoms with van der Waals surface area (Å²) in [6.45, 7) is 2.59. The van der Waals surface area contributed by atoms with Crippen LogP contribution in [-0.4, -0.2) is 30.8 Å². The first-order valence-electron chi connectivity index (χ1n) is 8.39. The number of hydrogen-bond donors (Lipinski definition) is 2. The molecule has 1 fully saturated rings. The number of pyridine rings is 1. The van der Waals surface area contributed by atoms with Crippen LogP contribution in [0.3, 0.4) is 0 Å². The number of anilines is 1. The van der Waals surface area contributed by atoms with Crippen LogP contribution in [0.2, 0.25) is 0 Å². The molecule has 2 aromatic rings. The lowest BCUT2D eigenvalue weighted by Gasteiger charge is -2.30. The molecule has 3 rings (SSSR count). The molecular formula is C19H23N3O3. The molecular weight excluding hydrogens is 318 g/mol. The third-order valence-electron chi connectivity index (χ3n) is 4.28. The lowest BCUT2D eigenvalue weighted by molar-refractivity contribution is 0.00235. The van der Waals surface area contributed by atoms with Crippen LogP contribution in [0.1, 0.15) is 30.1 Å². The van der Waals surface area contributed by atoms with Gasteiger partial charge < -0.3 is 20.1 Å². The molecule has 2 atom stereocenters. The van der Waals surface area contributed by atoms with Gasteiger partial charge in [-0.2, -0.15) is 0 Å². The smallest absolute Gasteiger partial charge is 0.319 e. The average Bonchev–Trinajstić information content (AvgIpc) is 2.64. The van der Waals surface area contributed by atoms with Crippen molar-refractivity contribution in [2.24, 2.45) is 0 Å². The second-order valence-corrected chi connectivity index (χ2v) is 6.17. The molecule has 0 saturated carbocycles. The first-order valence-corrected chi connectivity index (χ1v) is 8.39. The van der Waals surface area contributed by atoms with Crippen molar-refractivity contribution in [1.82, 2.24) is 10.3 Å². The Kier molecular flexibility index (Phi) is 5.50. The number of benzene rings is 1. The summed E-state index contributed by atoms with van der Waals surface area (Å²) in [5.41, 5.74) is 2.77. The Hall–Kier alpha value is -2.60. The molecule has 132 valence electrons. The summed E-state index contributed by atoms with van der Waals surface area (Å²) in [6.07, 6.45) is 5.02. The van der Waals surface area contributed by atoms with E-state index in [9.17, 15) is 4.79 Å². The number of hydrogen-bond acceptors (Lipinski definition) is 4. The van der Waals surface area contributed by atoms with Crippen LogP contribution in [0.4, 0.5) is 10.5 Å². The summed E-state index contributed by atoms with van der Waals surface area (Å²) in [4.78, 5) is 16.5. The third kappa shape index (κ3) is 4.48. The summed E-state index contributed by atoms with van der Waals surface area (Å²) < 4.78 is 11.1. The number of carbonyl (C=O) groups is 1. The Labute approximate surface area is 147 Å². The Morgan fingerprint density at radius 1 is 1.36 bits per heavy atom. The van der Waals surface area contributed by atoms with Gasteiger partial charge in [-0.05, 0) is 49.1 Å². The summed E-state index contributed by atoms with van der Waals surface area (Å²) in [7, 11) is 1.59. The molecule has 0 bridgehead atoms. The number of urea groups is 1. The number of nitrogens with zero attached hydrogens (tertiary/aromatic N) is 1. The van der Waals surface area contributed by atoms with Gasteiger partial charge in [0.25, 0.3) is 0 Å². The molecule has 1 aliphatic rings. The van der Waals surface area contributed by atoms with Crippen molar-refractivity contribution in [2.45, 2.75) is 31.9 Å². The van der Waals surface area contributed by atoms with Gasteiger partial charge in [0, 0.05) is 25.0 Å². The predicted molar refractivity (Wildman–Crippen MR) is 95.8 cm³/mol. The number of ether oxygens (including phenoxy) is 2. The Balaban J connectivity index is 1.59. The van der Waals surface area contributed by atoms with E-state index in [4.69, 9.17) is 9.47 Å². The number of amides is 2. The minimum Gasteiger partial charge on any atom is -0.495 e. The van der Waals surface area contributed by atoms with Crippen LogP contribution in [0.5, 0.6) is 5.75 Å². The van der Waals surface area contributed by atoms with Gasteiger partial charge in [0.2, 0.25) is 0 Å². The van der Waals surface area contributed by atoms with Crippen molar-refractivity contribution >= 4 is 11.7 Å². The summed E-state index contributed by atoms with van der Waals surface area (Å²) >= 11 is 0. The summed E-state index contributed by atoms with van der Waals surface area (Å²) in [5.74, 6) is 0.648. The average molecular weight is 341 g/mol. The topological polar surface area (TPSA) is 72.5 Å². The van der Waals surface area contributed by atoms with Gasteiger partial charge in [0.15, 0.2) is 0 Å². The first kappa shape index (κ1) is 17.2. The van der Waals surface area contributed by atoms with E-state index in [0.717, 1.165) is 24.0 Å². The van der Waals surface area contributed by atoms with Crippen molar-refractivity contribution in [3.05, 3.63) is 53.9 Å². The zero-order valence-corrected chi connectivity index (χ0v) is 14.5. The van der Waals surface area contributed by atoms with Crippen LogP contribution < -0.4 is 15.4 Å². The predicted octanol–water partition coefficient (Wildman–Crippen LogP) is 3.44. The molecule has 0 radical (unpaired) electrons. The van der Waals surface area contributed by atoms with Crippen molar-refractivity contribution in [3.8, 4) is 5.75 Å². The highest BCUT2D eigenvalue weighted by molar-refractivity contribution is 5.91. The highest BCUT2D eigenvalue weighted by Crippen LogP contribution is 2.28. The van der Waals surface area contributed by atoms with E-state index in [2.05, 4.69) is 15.6 Å². The molecule has 1 saturated heterocycles. The molecule has 0 aliphatic carbocycles. The standard InChI is InChI=1S/C19H23N3O3/c1-13-5-6-16(18(10-13)24-2)22-19(23)21-15-7-9-25-17(11-15)14-4-3-8-20-12-14/h3-6,8,10,12,15,17H,7,9,11H2,1-2H3,(H2,21,22,23). The lowest BCUT2D eigenvalue weighted by atomic mass is 9.99. The van der Waals surface area contributed by atoms with E-state index < -0.39 is 0 Å². The maximum absolute atomic E-state index is 12.3. The molecule has 1 aromatic heterocycles. The number of aromatic nitrogens is 1. The van der Waals surface area contributed by atoms with Crippen molar-refractivity contribution in [2.75, 3.05) is 19.0 Å². The minimum atomic E-state index is -0.237. The van der Waals surface area contributed by atoms with Crippen molar-refractivity contribution in [1.29, 1.82) is 0 Å². The largest absolute Gasteiger partial charge is 0.495 e. The minimum absolute atomic E-state index is 0.0401. The molecule has 2 amide bonds. The second-order valence-electron chi connectivity index (χ2n) is 6.17. The molecule has 6 heteroatoms. The normalized spacial score (nSPS) is 19.9. The monoisotopic (exact) mass is 341 g/mol. The van der Waals surface area contributed by atoms with Gasteiger partial charge in [-0.3, -0.25) is 4.98 Å². The summed E-state index contributed by atoms with van der Waals surface area (Å²) in [6, 6.07) is 9.38. The van der Waals surface area contributed by atoms with Gasteiger partial charge >= 0.3 is 6.03 Å². The maximum Gasteiger partial charge on any atom is 0.319 e. The lowest BCUT2D eigenvalue weighted by Crippen LogP contribution is -2.42. The molecule has 2 heterocycles. The van der Waals surface area contributed by atoms with Gasteiger partial charge in [-0.1, -0.05) is 12.1 Å². The second kappa shape index (κ2) is 7.98. The fourth-order valence-corrected chi connectivity index (χ4v) is 2.97. The molecule has 1 aromatic carbocycles. The third-order valence-corrected chi connectivity index (χ3v) is 4.28. The SMILES string of the molecule is COc1cc(C)ccc1NC(=O)NC1CCOC(c2cccnc2)C1. The molecule has 6 nitrogen and oxygen atoms in total. The van der Waals surface area contributed by atoms with E-state index in [1.54, 1.807) is 13.3 Å². The van der Waals surface area contributed by atoms with Gasteiger partial charge in [0.1, 0.15) is 5.75 Å². The Bertz CT molecular complexity index is 721. The van der Waals surface area contributed by atoms with Gasteiger partial charge in [-0.15, -0.1) is 0 Å². The van der Waals surface area contributed by atoms with Crippen LogP contribution in [0, 0.1) is 6.92 Å². The first-order chi connectivity index (χ1) is 12.2. The van der Waals surface area contributed by atoms with Crippen LogP contribution >= 0.6 is 0 Å². The van der Waals surface area contributed by atoms with Crippen molar-refractivity contribution in [3.63, 3.8) is 0 Å². The van der Waals surface area contributed by atoms with E-state index in [1.165, 1.54) is 0 Å². The van der Waals surface area contributed by atoms with Gasteiger partial charge in [-0.25, -0.2) is 4.79 Å². The Morgan fingerprint density at radius 2 is 2.24 bits per heavy atom. The number of rotatable bonds is 4. The van der Waals surface area contributed by atoms with E-state index >= 15 is 0 Å². The van der Waals surface area contributed by atoms with E-state index in [1.807, 2.05) is 43.5 Å². The quantitative estimate of drug-likeness (QED) is 0.893. The van der Waals surface area contributed by atoms with Crippen LogP contribution in [-0.2, 0) is 4.74 Å². The summed E-state index contributed by atoms with van der Waals surface area (Å²) in [5, 5.41) is 5.89. The van der Waals surface area contributed by atoms with Crippen molar-refractivity contribution < 1.29 is 14.3 Å². The molecule has 2 N–H and O–H groups in total. The molecule has 0 spiro atoms. The maximum atomic E-state index is 12.3. The number of carbonyl (C=O) groups excluding carboxylic acids is 1. The molecule has 1 aliphatic heterocycles. The van der Waals surface area contributed by atoms with E-state index in [0.29, 0.717) is 18.0 Å². The van der Waals surface area contributed by atoms with Gasteiger partial charge in [0.05, 0.1) is 18.9 Å². The van der Waals surface area contributed by atoms with Crippen LogP contribution in [0.15, 0.2) is 42.7 Å². The van der Waals surface area contributed by atoms with Crippen LogP contribution in [0.25, 0.3) is 0 Å². The Morgan fingerprint density at radius 3 is 3.00 bits per heavy atom. The van der Waals surface area contributed by atoms with E-state index in [-0.39, 0.29) is 18.2 Å². The number of aryl methyl sites for hydroxylation is 1. The number of methoxy groups -OCH3 is 1. The zero-order chi connectivity index (χ0) is 17.6. The molecule has 2 unspecified atom stereocenters. The molecule has 25 heavy (non-hydrogen) atoms. The number of nitrogens with one attached hydrogen (secondary N) is 2. The fourth-order valence-electron chi connectivity index (χ4n) is 2.97.